The highest BCUT2D eigenvalue weighted by Gasteiger charge is 2.12. The Morgan fingerprint density at radius 1 is 0.275 bits per heavy atom. The maximum atomic E-state index is 2.73. The lowest BCUT2D eigenvalue weighted by molar-refractivity contribution is 0.369. The van der Waals surface area contributed by atoms with Crippen LogP contribution < -0.4 is 0 Å². The predicted octanol–water partition coefficient (Wildman–Crippen LogP) is 15.7. The summed E-state index contributed by atoms with van der Waals surface area (Å²) in [5.74, 6) is 1.02. The highest BCUT2D eigenvalue weighted by atomic mass is 127. The van der Waals surface area contributed by atoms with Gasteiger partial charge in [-0.1, -0.05) is 242 Å². The third-order valence-electron chi connectivity index (χ3n) is 9.42. The molecule has 0 nitrogen and oxygen atoms in total. The van der Waals surface area contributed by atoms with Crippen LogP contribution in [-0.2, 0) is 0 Å². The Balaban J connectivity index is 3.72. The molecule has 0 N–H and O–H groups in total. The Bertz CT molecular complexity index is 433. The van der Waals surface area contributed by atoms with Crippen LogP contribution in [0.2, 0.25) is 0 Å². The van der Waals surface area contributed by atoms with Crippen molar-refractivity contribution in [3.05, 3.63) is 0 Å². The van der Waals surface area contributed by atoms with Crippen molar-refractivity contribution < 1.29 is 0 Å². The summed E-state index contributed by atoms with van der Waals surface area (Å²) in [7, 11) is 0. The van der Waals surface area contributed by atoms with Crippen molar-refractivity contribution in [1.29, 1.82) is 0 Å². The van der Waals surface area contributed by atoms with Gasteiger partial charge in [-0.3, -0.25) is 0 Å². The van der Waals surface area contributed by atoms with Crippen LogP contribution >= 0.6 is 22.6 Å². The molecule has 0 aliphatic carbocycles. The van der Waals surface area contributed by atoms with Crippen molar-refractivity contribution in [1.82, 2.24) is 0 Å². The van der Waals surface area contributed by atoms with E-state index in [1.54, 1.807) is 0 Å². The normalized spacial score (nSPS) is 13.2. The molecule has 40 heavy (non-hydrogen) atoms. The third kappa shape index (κ3) is 33.2. The van der Waals surface area contributed by atoms with Crippen LogP contribution in [0.25, 0.3) is 0 Å². The number of alkyl halides is 1. The lowest BCUT2D eigenvalue weighted by atomic mass is 9.89. The van der Waals surface area contributed by atoms with E-state index < -0.39 is 0 Å². The molecule has 0 aliphatic heterocycles. The average molecular weight is 675 g/mol. The molecule has 0 heterocycles. The van der Waals surface area contributed by atoms with Crippen molar-refractivity contribution in [2.75, 3.05) is 0 Å². The molecule has 0 saturated carbocycles. The van der Waals surface area contributed by atoms with E-state index in [-0.39, 0.29) is 0 Å². The molecule has 2 unspecified atom stereocenters. The van der Waals surface area contributed by atoms with Crippen LogP contribution in [0, 0.1) is 5.92 Å². The molecule has 1 heteroatoms. The van der Waals surface area contributed by atoms with Gasteiger partial charge in [-0.25, -0.2) is 0 Å². The van der Waals surface area contributed by atoms with Gasteiger partial charge in [-0.2, -0.15) is 0 Å². The van der Waals surface area contributed by atoms with Gasteiger partial charge in [0, 0.05) is 3.92 Å². The molecule has 0 amide bonds. The summed E-state index contributed by atoms with van der Waals surface area (Å²) in [6.07, 6.45) is 50.1. The van der Waals surface area contributed by atoms with E-state index in [0.717, 1.165) is 9.84 Å². The molecule has 0 aromatic carbocycles. The molecular weight excluding hydrogens is 595 g/mol. The molecule has 0 aliphatic rings. The fourth-order valence-electron chi connectivity index (χ4n) is 6.56. The zero-order valence-electron chi connectivity index (χ0n) is 28.6. The van der Waals surface area contributed by atoms with Gasteiger partial charge in [0.15, 0.2) is 0 Å². The van der Waals surface area contributed by atoms with Crippen LogP contribution in [-0.4, -0.2) is 3.92 Å². The number of halogens is 1. The standard InChI is InChI=1S/C39H79I/c1-4-7-9-11-13-15-17-19-20-21-22-24-26-28-30-32-35-38(36-37-39(40)33-6-3)34-31-29-27-25-23-18-16-14-12-10-8-5-2/h38-39H,4-37H2,1-3H3. The van der Waals surface area contributed by atoms with Gasteiger partial charge in [0.1, 0.15) is 0 Å². The molecule has 0 aromatic heterocycles. The number of hydrogen-bond acceptors (Lipinski definition) is 0. The lowest BCUT2D eigenvalue weighted by Crippen LogP contribution is -2.06. The van der Waals surface area contributed by atoms with E-state index in [4.69, 9.17) is 0 Å². The summed E-state index contributed by atoms with van der Waals surface area (Å²) in [5, 5.41) is 0. The summed E-state index contributed by atoms with van der Waals surface area (Å²) in [6.45, 7) is 6.98. The second-order valence-electron chi connectivity index (χ2n) is 13.6. The summed E-state index contributed by atoms with van der Waals surface area (Å²) < 4.78 is 0.915. The first-order valence-electron chi connectivity index (χ1n) is 19.4. The van der Waals surface area contributed by atoms with Crippen LogP contribution in [0.15, 0.2) is 0 Å². The Morgan fingerprint density at radius 3 is 0.825 bits per heavy atom. The largest absolute Gasteiger partial charge is 0.0826 e. The van der Waals surface area contributed by atoms with Gasteiger partial charge in [-0.05, 0) is 25.2 Å². The Labute approximate surface area is 270 Å². The van der Waals surface area contributed by atoms with Crippen LogP contribution in [0.4, 0.5) is 0 Å². The molecule has 0 aromatic rings. The number of hydrogen-bond donors (Lipinski definition) is 0. The Kier molecular flexibility index (Phi) is 36.6. The topological polar surface area (TPSA) is 0 Å². The molecule has 0 radical (unpaired) electrons. The fourth-order valence-corrected chi connectivity index (χ4v) is 7.54. The average Bonchev–Trinajstić information content (AvgIpc) is 2.95. The molecular formula is C39H79I. The van der Waals surface area contributed by atoms with Gasteiger partial charge < -0.3 is 0 Å². The monoisotopic (exact) mass is 675 g/mol. The first-order chi connectivity index (χ1) is 19.7. The van der Waals surface area contributed by atoms with Gasteiger partial charge in [0.25, 0.3) is 0 Å². The fraction of sp³-hybridized carbons (Fsp3) is 1.00. The van der Waals surface area contributed by atoms with Crippen LogP contribution in [0.3, 0.4) is 0 Å². The van der Waals surface area contributed by atoms with E-state index in [0.29, 0.717) is 0 Å². The minimum Gasteiger partial charge on any atom is -0.0826 e. The molecule has 242 valence electrons. The zero-order valence-corrected chi connectivity index (χ0v) is 30.7. The highest BCUT2D eigenvalue weighted by Crippen LogP contribution is 2.27. The molecule has 2 atom stereocenters. The third-order valence-corrected chi connectivity index (χ3v) is 10.7. The molecule has 0 bridgehead atoms. The minimum absolute atomic E-state index is 0.915. The van der Waals surface area contributed by atoms with E-state index >= 15 is 0 Å². The van der Waals surface area contributed by atoms with E-state index in [9.17, 15) is 0 Å². The van der Waals surface area contributed by atoms with Gasteiger partial charge in [0.05, 0.1) is 0 Å². The highest BCUT2D eigenvalue weighted by molar-refractivity contribution is 14.1. The maximum Gasteiger partial charge on any atom is 0.0110 e. The van der Waals surface area contributed by atoms with Crippen LogP contribution in [0.5, 0.6) is 0 Å². The summed E-state index contributed by atoms with van der Waals surface area (Å²) >= 11 is 2.73. The quantitative estimate of drug-likeness (QED) is 0.0357. The van der Waals surface area contributed by atoms with Gasteiger partial charge >= 0.3 is 0 Å². The maximum absolute atomic E-state index is 2.73. The SMILES string of the molecule is CCCCCCCCCCCCCCCCCCC(CCCCCCCCCCCCCC)CCC(I)CCC. The summed E-state index contributed by atoms with van der Waals surface area (Å²) in [4.78, 5) is 0. The van der Waals surface area contributed by atoms with Crippen molar-refractivity contribution in [2.24, 2.45) is 5.92 Å². The van der Waals surface area contributed by atoms with E-state index in [1.165, 1.54) is 218 Å². The minimum atomic E-state index is 0.915. The predicted molar refractivity (Wildman–Crippen MR) is 195 cm³/mol. The van der Waals surface area contributed by atoms with Crippen molar-refractivity contribution in [3.8, 4) is 0 Å². The Hall–Kier alpha value is 0.730. The molecule has 0 rings (SSSR count). The first kappa shape index (κ1) is 40.7. The summed E-state index contributed by atoms with van der Waals surface area (Å²) in [6, 6.07) is 0. The summed E-state index contributed by atoms with van der Waals surface area (Å²) in [5.41, 5.74) is 0. The van der Waals surface area contributed by atoms with Crippen molar-refractivity contribution in [2.45, 2.75) is 243 Å². The second kappa shape index (κ2) is 35.9. The lowest BCUT2D eigenvalue weighted by Gasteiger charge is -2.19. The van der Waals surface area contributed by atoms with Crippen molar-refractivity contribution >= 4 is 22.6 Å². The molecule has 0 fully saturated rings. The number of rotatable bonds is 35. The van der Waals surface area contributed by atoms with Crippen molar-refractivity contribution in [3.63, 3.8) is 0 Å². The zero-order chi connectivity index (χ0) is 29.2. The number of unbranched alkanes of at least 4 members (excludes halogenated alkanes) is 26. The van der Waals surface area contributed by atoms with Crippen LogP contribution in [0.1, 0.15) is 239 Å². The second-order valence-corrected chi connectivity index (χ2v) is 15.4. The smallest absolute Gasteiger partial charge is 0.0110 e. The Morgan fingerprint density at radius 2 is 0.550 bits per heavy atom. The molecule has 0 spiro atoms. The van der Waals surface area contributed by atoms with Gasteiger partial charge in [-0.15, -0.1) is 0 Å². The first-order valence-corrected chi connectivity index (χ1v) is 20.6. The van der Waals surface area contributed by atoms with Gasteiger partial charge in [0.2, 0.25) is 0 Å². The van der Waals surface area contributed by atoms with E-state index in [1.807, 2.05) is 0 Å². The van der Waals surface area contributed by atoms with E-state index in [2.05, 4.69) is 43.4 Å². The molecule has 0 saturated heterocycles.